The van der Waals surface area contributed by atoms with E-state index in [1.165, 1.54) is 18.4 Å². The number of amides is 1. The van der Waals surface area contributed by atoms with Crippen molar-refractivity contribution >= 4 is 5.91 Å². The summed E-state index contributed by atoms with van der Waals surface area (Å²) in [6, 6.07) is 10.8. The van der Waals surface area contributed by atoms with E-state index >= 15 is 0 Å². The monoisotopic (exact) mass is 317 g/mol. The summed E-state index contributed by atoms with van der Waals surface area (Å²) < 4.78 is 0. The first-order chi connectivity index (χ1) is 11.0. The number of carbonyl (C=O) groups excluding carboxylic acids is 1. The van der Waals surface area contributed by atoms with Crippen LogP contribution < -0.4 is 5.73 Å². The lowest BCUT2D eigenvalue weighted by atomic mass is 9.99. The maximum absolute atomic E-state index is 12.4. The standard InChI is InChI=1S/C19H31N3O/c1-15(2)22(19(23)16(3)20)14-18-11-7-8-12-21(18)13-17-9-5-4-6-10-17/h4-6,9-10,15-16,18H,7-8,11-14,20H2,1-3H3/t16-,18?/m0/s1. The minimum absolute atomic E-state index is 0.0604. The molecule has 1 aliphatic rings. The SMILES string of the molecule is CC(C)N(CC1CCCCN1Cc1ccccc1)C(=O)[C@H](C)N. The summed E-state index contributed by atoms with van der Waals surface area (Å²) in [5.74, 6) is 0.0604. The van der Waals surface area contributed by atoms with Gasteiger partial charge in [-0.3, -0.25) is 9.69 Å². The van der Waals surface area contributed by atoms with E-state index < -0.39 is 6.04 Å². The molecule has 1 fully saturated rings. The van der Waals surface area contributed by atoms with Crippen LogP contribution >= 0.6 is 0 Å². The predicted molar refractivity (Wildman–Crippen MR) is 95.0 cm³/mol. The summed E-state index contributed by atoms with van der Waals surface area (Å²) in [7, 11) is 0. The minimum Gasteiger partial charge on any atom is -0.337 e. The number of hydrogen-bond acceptors (Lipinski definition) is 3. The van der Waals surface area contributed by atoms with Gasteiger partial charge in [0.15, 0.2) is 0 Å². The first-order valence-corrected chi connectivity index (χ1v) is 8.83. The molecule has 0 saturated carbocycles. The lowest BCUT2D eigenvalue weighted by Crippen LogP contribution is -2.53. The Morgan fingerprint density at radius 1 is 1.26 bits per heavy atom. The molecule has 23 heavy (non-hydrogen) atoms. The van der Waals surface area contributed by atoms with Gasteiger partial charge in [-0.25, -0.2) is 0 Å². The average molecular weight is 317 g/mol. The zero-order valence-electron chi connectivity index (χ0n) is 14.7. The van der Waals surface area contributed by atoms with E-state index in [1.54, 1.807) is 6.92 Å². The van der Waals surface area contributed by atoms with Crippen molar-refractivity contribution in [3.63, 3.8) is 0 Å². The van der Waals surface area contributed by atoms with Gasteiger partial charge in [0.1, 0.15) is 0 Å². The number of benzene rings is 1. The number of nitrogens with two attached hydrogens (primary N) is 1. The van der Waals surface area contributed by atoms with Crippen molar-refractivity contribution < 1.29 is 4.79 Å². The Balaban J connectivity index is 2.06. The highest BCUT2D eigenvalue weighted by molar-refractivity contribution is 5.81. The molecule has 1 heterocycles. The number of nitrogens with zero attached hydrogens (tertiary/aromatic N) is 2. The van der Waals surface area contributed by atoms with E-state index in [2.05, 4.69) is 49.1 Å². The molecule has 4 heteroatoms. The van der Waals surface area contributed by atoms with E-state index in [0.29, 0.717) is 6.04 Å². The average Bonchev–Trinajstić information content (AvgIpc) is 2.54. The molecule has 1 aromatic rings. The molecule has 0 aromatic heterocycles. The summed E-state index contributed by atoms with van der Waals surface area (Å²) in [6.07, 6.45) is 3.64. The maximum atomic E-state index is 12.4. The molecule has 1 saturated heterocycles. The Kier molecular flexibility index (Phi) is 6.60. The Bertz CT molecular complexity index is 487. The number of piperidine rings is 1. The quantitative estimate of drug-likeness (QED) is 0.877. The van der Waals surface area contributed by atoms with Crippen molar-refractivity contribution in [3.05, 3.63) is 35.9 Å². The molecule has 2 atom stereocenters. The van der Waals surface area contributed by atoms with Crippen molar-refractivity contribution in [3.8, 4) is 0 Å². The third-order valence-electron chi connectivity index (χ3n) is 4.68. The zero-order valence-corrected chi connectivity index (χ0v) is 14.7. The van der Waals surface area contributed by atoms with Gasteiger partial charge in [0.05, 0.1) is 6.04 Å². The van der Waals surface area contributed by atoms with Crippen LogP contribution in [0.5, 0.6) is 0 Å². The van der Waals surface area contributed by atoms with E-state index in [0.717, 1.165) is 26.1 Å². The van der Waals surface area contributed by atoms with Gasteiger partial charge in [-0.15, -0.1) is 0 Å². The molecule has 2 rings (SSSR count). The van der Waals surface area contributed by atoms with E-state index in [9.17, 15) is 4.79 Å². The zero-order chi connectivity index (χ0) is 16.8. The summed E-state index contributed by atoms with van der Waals surface area (Å²) in [5.41, 5.74) is 7.17. The molecule has 4 nitrogen and oxygen atoms in total. The van der Waals surface area contributed by atoms with Crippen molar-refractivity contribution in [2.24, 2.45) is 5.73 Å². The summed E-state index contributed by atoms with van der Waals surface area (Å²) in [5, 5.41) is 0. The number of carbonyl (C=O) groups is 1. The smallest absolute Gasteiger partial charge is 0.239 e. The van der Waals surface area contributed by atoms with Crippen LogP contribution in [0, 0.1) is 0 Å². The van der Waals surface area contributed by atoms with Gasteiger partial charge >= 0.3 is 0 Å². The highest BCUT2D eigenvalue weighted by atomic mass is 16.2. The van der Waals surface area contributed by atoms with Crippen molar-refractivity contribution in [2.45, 2.75) is 64.7 Å². The van der Waals surface area contributed by atoms with Crippen LogP contribution in [0.15, 0.2) is 30.3 Å². The van der Waals surface area contributed by atoms with Crippen LogP contribution in [0.1, 0.15) is 45.6 Å². The first kappa shape index (κ1) is 18.0. The molecule has 0 spiro atoms. The lowest BCUT2D eigenvalue weighted by molar-refractivity contribution is -0.135. The minimum atomic E-state index is -0.427. The normalized spacial score (nSPS) is 20.5. The van der Waals surface area contributed by atoms with Gasteiger partial charge in [-0.05, 0) is 45.7 Å². The molecule has 0 bridgehead atoms. The van der Waals surface area contributed by atoms with Gasteiger partial charge in [-0.1, -0.05) is 36.8 Å². The van der Waals surface area contributed by atoms with Gasteiger partial charge in [-0.2, -0.15) is 0 Å². The molecule has 0 radical (unpaired) electrons. The number of rotatable bonds is 6. The molecule has 1 unspecified atom stereocenters. The van der Waals surface area contributed by atoms with Crippen LogP contribution in [0.25, 0.3) is 0 Å². The molecular weight excluding hydrogens is 286 g/mol. The topological polar surface area (TPSA) is 49.6 Å². The first-order valence-electron chi connectivity index (χ1n) is 8.83. The Morgan fingerprint density at radius 2 is 1.96 bits per heavy atom. The maximum Gasteiger partial charge on any atom is 0.239 e. The van der Waals surface area contributed by atoms with Crippen LogP contribution in [0.4, 0.5) is 0 Å². The van der Waals surface area contributed by atoms with Crippen LogP contribution in [-0.2, 0) is 11.3 Å². The molecule has 0 aliphatic carbocycles. The van der Waals surface area contributed by atoms with E-state index in [4.69, 9.17) is 5.73 Å². The molecule has 2 N–H and O–H groups in total. The number of hydrogen-bond donors (Lipinski definition) is 1. The second-order valence-corrected chi connectivity index (χ2v) is 6.98. The molecule has 128 valence electrons. The molecule has 1 aliphatic heterocycles. The second-order valence-electron chi connectivity index (χ2n) is 6.98. The predicted octanol–water partition coefficient (Wildman–Crippen LogP) is 2.63. The third-order valence-corrected chi connectivity index (χ3v) is 4.68. The van der Waals surface area contributed by atoms with Gasteiger partial charge in [0, 0.05) is 25.2 Å². The highest BCUT2D eigenvalue weighted by Crippen LogP contribution is 2.21. The lowest BCUT2D eigenvalue weighted by Gasteiger charge is -2.40. The molecule has 1 aromatic carbocycles. The van der Waals surface area contributed by atoms with Gasteiger partial charge in [0.25, 0.3) is 0 Å². The number of likely N-dealkylation sites (tertiary alicyclic amines) is 1. The Labute approximate surface area is 140 Å². The van der Waals surface area contributed by atoms with Crippen molar-refractivity contribution in [2.75, 3.05) is 13.1 Å². The van der Waals surface area contributed by atoms with E-state index in [-0.39, 0.29) is 11.9 Å². The second kappa shape index (κ2) is 8.46. The fourth-order valence-corrected chi connectivity index (χ4v) is 3.34. The summed E-state index contributed by atoms with van der Waals surface area (Å²) in [4.78, 5) is 16.9. The highest BCUT2D eigenvalue weighted by Gasteiger charge is 2.28. The summed E-state index contributed by atoms with van der Waals surface area (Å²) in [6.45, 7) is 8.78. The fraction of sp³-hybridized carbons (Fsp3) is 0.632. The third kappa shape index (κ3) is 5.05. The summed E-state index contributed by atoms with van der Waals surface area (Å²) >= 11 is 0. The largest absolute Gasteiger partial charge is 0.337 e. The Morgan fingerprint density at radius 3 is 2.57 bits per heavy atom. The molecule has 1 amide bonds. The van der Waals surface area contributed by atoms with Gasteiger partial charge in [0.2, 0.25) is 5.91 Å². The van der Waals surface area contributed by atoms with Crippen molar-refractivity contribution in [1.29, 1.82) is 0 Å². The Hall–Kier alpha value is -1.39. The van der Waals surface area contributed by atoms with Crippen LogP contribution in [-0.4, -0.2) is 46.9 Å². The molecular formula is C19H31N3O. The van der Waals surface area contributed by atoms with Crippen molar-refractivity contribution in [1.82, 2.24) is 9.80 Å². The van der Waals surface area contributed by atoms with Crippen LogP contribution in [0.2, 0.25) is 0 Å². The fourth-order valence-electron chi connectivity index (χ4n) is 3.34. The van der Waals surface area contributed by atoms with Crippen LogP contribution in [0.3, 0.4) is 0 Å². The van der Waals surface area contributed by atoms with E-state index in [1.807, 2.05) is 4.90 Å². The van der Waals surface area contributed by atoms with Gasteiger partial charge < -0.3 is 10.6 Å².